The summed E-state index contributed by atoms with van der Waals surface area (Å²) in [6, 6.07) is 14.4. The number of aromatic nitrogens is 1. The Labute approximate surface area is 148 Å². The van der Waals surface area contributed by atoms with Gasteiger partial charge in [0.25, 0.3) is 0 Å². The molecule has 130 valence electrons. The molecule has 0 radical (unpaired) electrons. The molecule has 1 amide bonds. The molecule has 0 bridgehead atoms. The Morgan fingerprint density at radius 3 is 2.76 bits per heavy atom. The largest absolute Gasteiger partial charge is 0.361 e. The van der Waals surface area contributed by atoms with Crippen molar-refractivity contribution in [2.75, 3.05) is 19.4 Å². The summed E-state index contributed by atoms with van der Waals surface area (Å²) in [5.74, 6) is 0.0513. The fourth-order valence-corrected chi connectivity index (χ4v) is 3.07. The number of carbonyl (C=O) groups is 1. The van der Waals surface area contributed by atoms with Gasteiger partial charge in [-0.25, -0.2) is 0 Å². The molecule has 4 heteroatoms. The van der Waals surface area contributed by atoms with Crippen molar-refractivity contribution in [3.05, 3.63) is 65.4 Å². The minimum absolute atomic E-state index is 0.0513. The maximum Gasteiger partial charge on any atom is 0.224 e. The van der Waals surface area contributed by atoms with E-state index in [0.717, 1.165) is 29.7 Å². The van der Waals surface area contributed by atoms with Crippen LogP contribution in [0, 0.1) is 6.92 Å². The average molecular weight is 335 g/mol. The Kier molecular flexibility index (Phi) is 5.19. The van der Waals surface area contributed by atoms with Gasteiger partial charge in [-0.05, 0) is 56.3 Å². The van der Waals surface area contributed by atoms with Crippen LogP contribution in [0.2, 0.25) is 0 Å². The number of nitrogens with zero attached hydrogens (tertiary/aromatic N) is 1. The summed E-state index contributed by atoms with van der Waals surface area (Å²) in [6.07, 6.45) is 3.20. The van der Waals surface area contributed by atoms with E-state index in [2.05, 4.69) is 45.5 Å². The van der Waals surface area contributed by atoms with E-state index in [0.29, 0.717) is 6.42 Å². The van der Waals surface area contributed by atoms with Crippen molar-refractivity contribution in [1.82, 2.24) is 9.88 Å². The van der Waals surface area contributed by atoms with Crippen LogP contribution in [0.3, 0.4) is 0 Å². The smallest absolute Gasteiger partial charge is 0.224 e. The van der Waals surface area contributed by atoms with Gasteiger partial charge >= 0.3 is 0 Å². The lowest BCUT2D eigenvalue weighted by Gasteiger charge is -2.13. The third-order valence-corrected chi connectivity index (χ3v) is 4.37. The third-order valence-electron chi connectivity index (χ3n) is 4.37. The lowest BCUT2D eigenvalue weighted by molar-refractivity contribution is -0.116. The molecule has 0 atom stereocenters. The predicted octanol–water partition coefficient (Wildman–Crippen LogP) is 4.11. The molecular weight excluding hydrogens is 310 g/mol. The molecule has 1 heterocycles. The van der Waals surface area contributed by atoms with Gasteiger partial charge in [-0.2, -0.15) is 0 Å². The number of anilines is 1. The van der Waals surface area contributed by atoms with Crippen LogP contribution in [-0.2, 0) is 17.8 Å². The van der Waals surface area contributed by atoms with Gasteiger partial charge < -0.3 is 15.2 Å². The molecule has 0 aliphatic heterocycles. The topological polar surface area (TPSA) is 48.1 Å². The summed E-state index contributed by atoms with van der Waals surface area (Å²) in [7, 11) is 4.08. The van der Waals surface area contributed by atoms with E-state index in [1.54, 1.807) is 0 Å². The minimum atomic E-state index is 0.0513. The van der Waals surface area contributed by atoms with Crippen LogP contribution < -0.4 is 5.32 Å². The quantitative estimate of drug-likeness (QED) is 0.712. The Morgan fingerprint density at radius 2 is 1.96 bits per heavy atom. The first-order valence-corrected chi connectivity index (χ1v) is 8.62. The van der Waals surface area contributed by atoms with E-state index < -0.39 is 0 Å². The number of nitrogens with one attached hydrogen (secondary N) is 2. The third kappa shape index (κ3) is 4.28. The Balaban J connectivity index is 1.64. The van der Waals surface area contributed by atoms with Gasteiger partial charge in [0.1, 0.15) is 0 Å². The zero-order valence-electron chi connectivity index (χ0n) is 15.1. The standard InChI is InChI=1S/C21H25N3O/c1-15-8-9-16(14-24(2)3)12-20(15)23-21(25)11-10-17-13-22-19-7-5-4-6-18(17)19/h4-9,12-13,22H,10-11,14H2,1-3H3,(H,23,25). The fraction of sp³-hybridized carbons (Fsp3) is 0.286. The Bertz CT molecular complexity index is 880. The summed E-state index contributed by atoms with van der Waals surface area (Å²) < 4.78 is 0. The van der Waals surface area contributed by atoms with Gasteiger partial charge in [0.15, 0.2) is 0 Å². The van der Waals surface area contributed by atoms with Crippen molar-refractivity contribution in [3.63, 3.8) is 0 Å². The molecule has 0 saturated heterocycles. The number of rotatable bonds is 6. The van der Waals surface area contributed by atoms with Crippen LogP contribution in [0.15, 0.2) is 48.7 Å². The van der Waals surface area contributed by atoms with E-state index in [4.69, 9.17) is 0 Å². The van der Waals surface area contributed by atoms with Crippen LogP contribution in [0.25, 0.3) is 10.9 Å². The number of benzene rings is 2. The van der Waals surface area contributed by atoms with Gasteiger partial charge in [-0.15, -0.1) is 0 Å². The molecule has 1 aromatic heterocycles. The monoisotopic (exact) mass is 335 g/mol. The van der Waals surface area contributed by atoms with Crippen molar-refractivity contribution in [3.8, 4) is 0 Å². The highest BCUT2D eigenvalue weighted by Crippen LogP contribution is 2.21. The second-order valence-corrected chi connectivity index (χ2v) is 6.79. The Hall–Kier alpha value is -2.59. The number of hydrogen-bond donors (Lipinski definition) is 2. The van der Waals surface area contributed by atoms with E-state index >= 15 is 0 Å². The van der Waals surface area contributed by atoms with Crippen LogP contribution in [0.1, 0.15) is 23.1 Å². The van der Waals surface area contributed by atoms with Gasteiger partial charge in [-0.3, -0.25) is 4.79 Å². The first kappa shape index (κ1) is 17.2. The summed E-state index contributed by atoms with van der Waals surface area (Å²) in [5, 5.41) is 4.26. The molecule has 4 nitrogen and oxygen atoms in total. The normalized spacial score (nSPS) is 11.2. The van der Waals surface area contributed by atoms with Gasteiger partial charge in [0, 0.05) is 35.8 Å². The SMILES string of the molecule is Cc1ccc(CN(C)C)cc1NC(=O)CCc1c[nH]c2ccccc12. The Morgan fingerprint density at radius 1 is 1.16 bits per heavy atom. The van der Waals surface area contributed by atoms with Crippen molar-refractivity contribution < 1.29 is 4.79 Å². The number of carbonyl (C=O) groups excluding carboxylic acids is 1. The fourth-order valence-electron chi connectivity index (χ4n) is 3.07. The van der Waals surface area contributed by atoms with Gasteiger partial charge in [0.05, 0.1) is 0 Å². The van der Waals surface area contributed by atoms with E-state index in [-0.39, 0.29) is 5.91 Å². The molecule has 3 aromatic rings. The molecular formula is C21H25N3O. The number of H-pyrrole nitrogens is 1. The number of aromatic amines is 1. The van der Waals surface area contributed by atoms with Crippen LogP contribution >= 0.6 is 0 Å². The number of para-hydroxylation sites is 1. The number of aryl methyl sites for hydroxylation is 2. The molecule has 0 aliphatic carbocycles. The lowest BCUT2D eigenvalue weighted by atomic mass is 10.1. The van der Waals surface area contributed by atoms with Crippen molar-refractivity contribution in [2.24, 2.45) is 0 Å². The van der Waals surface area contributed by atoms with E-state index in [1.165, 1.54) is 16.5 Å². The van der Waals surface area contributed by atoms with Crippen molar-refractivity contribution >= 4 is 22.5 Å². The molecule has 2 aromatic carbocycles. The molecule has 0 unspecified atom stereocenters. The van der Waals surface area contributed by atoms with Crippen molar-refractivity contribution in [2.45, 2.75) is 26.3 Å². The van der Waals surface area contributed by atoms with E-state index in [9.17, 15) is 4.79 Å². The van der Waals surface area contributed by atoms with Gasteiger partial charge in [0.2, 0.25) is 5.91 Å². The zero-order valence-corrected chi connectivity index (χ0v) is 15.1. The lowest BCUT2D eigenvalue weighted by Crippen LogP contribution is -2.14. The highest BCUT2D eigenvalue weighted by molar-refractivity contribution is 5.92. The maximum absolute atomic E-state index is 12.4. The highest BCUT2D eigenvalue weighted by Gasteiger charge is 2.09. The first-order chi connectivity index (χ1) is 12.0. The van der Waals surface area contributed by atoms with E-state index in [1.807, 2.05) is 39.3 Å². The summed E-state index contributed by atoms with van der Waals surface area (Å²) in [4.78, 5) is 17.8. The molecule has 0 saturated carbocycles. The molecule has 25 heavy (non-hydrogen) atoms. The zero-order chi connectivity index (χ0) is 17.8. The summed E-state index contributed by atoms with van der Waals surface area (Å²) in [5.41, 5.74) is 5.49. The maximum atomic E-state index is 12.4. The number of hydrogen-bond acceptors (Lipinski definition) is 2. The van der Waals surface area contributed by atoms with Crippen LogP contribution in [0.5, 0.6) is 0 Å². The summed E-state index contributed by atoms with van der Waals surface area (Å²) >= 11 is 0. The summed E-state index contributed by atoms with van der Waals surface area (Å²) in [6.45, 7) is 2.88. The first-order valence-electron chi connectivity index (χ1n) is 8.62. The molecule has 0 aliphatic rings. The minimum Gasteiger partial charge on any atom is -0.361 e. The molecule has 0 spiro atoms. The average Bonchev–Trinajstić information content (AvgIpc) is 2.99. The predicted molar refractivity (Wildman–Crippen MR) is 104 cm³/mol. The number of amides is 1. The molecule has 2 N–H and O–H groups in total. The number of fused-ring (bicyclic) bond motifs is 1. The highest BCUT2D eigenvalue weighted by atomic mass is 16.1. The van der Waals surface area contributed by atoms with Crippen LogP contribution in [-0.4, -0.2) is 29.9 Å². The molecule has 0 fully saturated rings. The van der Waals surface area contributed by atoms with Crippen molar-refractivity contribution in [1.29, 1.82) is 0 Å². The van der Waals surface area contributed by atoms with Gasteiger partial charge in [-0.1, -0.05) is 30.3 Å². The van der Waals surface area contributed by atoms with Crippen LogP contribution in [0.4, 0.5) is 5.69 Å². The molecule has 3 rings (SSSR count). The second-order valence-electron chi connectivity index (χ2n) is 6.79. The second kappa shape index (κ2) is 7.53.